The minimum atomic E-state index is -3.62. The number of nitrogens with one attached hydrogen (secondary N) is 3. The number of fused-ring (bicyclic) bond motifs is 1. The Balaban J connectivity index is 1.31. The summed E-state index contributed by atoms with van der Waals surface area (Å²) in [7, 11) is -3.62. The Kier molecular flexibility index (Phi) is 6.31. The van der Waals surface area contributed by atoms with Gasteiger partial charge in [0.15, 0.2) is 5.13 Å². The summed E-state index contributed by atoms with van der Waals surface area (Å²) in [6.45, 7) is 0.916. The zero-order valence-electron chi connectivity index (χ0n) is 16.4. The van der Waals surface area contributed by atoms with Crippen LogP contribution in [-0.4, -0.2) is 38.4 Å². The van der Waals surface area contributed by atoms with Gasteiger partial charge >= 0.3 is 0 Å². The molecule has 1 aromatic heterocycles. The Bertz CT molecular complexity index is 1100. The number of sulfonamides is 1. The standard InChI is InChI=1S/C21H24N4O3S2/c26-20(22-12-13-23-21-24-18-10-3-4-11-19(18)29-21)15-6-5-9-17(14-15)30(27,28)25-16-7-1-2-8-16/h3-6,9-11,14,16,25H,1-2,7-8,12-13H2,(H,22,26)(H,23,24). The maximum Gasteiger partial charge on any atom is 0.251 e. The molecule has 3 aromatic rings. The third-order valence-corrected chi connectivity index (χ3v) is 7.58. The summed E-state index contributed by atoms with van der Waals surface area (Å²) in [5.41, 5.74) is 1.27. The highest BCUT2D eigenvalue weighted by Crippen LogP contribution is 2.25. The molecule has 158 valence electrons. The van der Waals surface area contributed by atoms with Crippen molar-refractivity contribution >= 4 is 42.6 Å². The molecule has 7 nitrogen and oxygen atoms in total. The minimum Gasteiger partial charge on any atom is -0.360 e. The van der Waals surface area contributed by atoms with Crippen LogP contribution >= 0.6 is 11.3 Å². The Labute approximate surface area is 180 Å². The first-order valence-corrected chi connectivity index (χ1v) is 12.3. The van der Waals surface area contributed by atoms with E-state index in [4.69, 9.17) is 0 Å². The van der Waals surface area contributed by atoms with E-state index in [1.165, 1.54) is 12.1 Å². The van der Waals surface area contributed by atoms with Crippen molar-refractivity contribution in [2.45, 2.75) is 36.6 Å². The minimum absolute atomic E-state index is 0.0129. The number of amides is 1. The molecule has 0 saturated heterocycles. The van der Waals surface area contributed by atoms with Crippen LogP contribution in [0.25, 0.3) is 10.2 Å². The monoisotopic (exact) mass is 444 g/mol. The first-order valence-electron chi connectivity index (χ1n) is 10.0. The normalized spacial score (nSPS) is 14.8. The van der Waals surface area contributed by atoms with Crippen LogP contribution in [0.5, 0.6) is 0 Å². The van der Waals surface area contributed by atoms with E-state index in [0.717, 1.165) is 41.0 Å². The van der Waals surface area contributed by atoms with Crippen molar-refractivity contribution in [2.75, 3.05) is 18.4 Å². The topological polar surface area (TPSA) is 100 Å². The Morgan fingerprint density at radius 2 is 1.87 bits per heavy atom. The van der Waals surface area contributed by atoms with Crippen LogP contribution < -0.4 is 15.4 Å². The number of benzene rings is 2. The molecule has 0 unspecified atom stereocenters. The fraction of sp³-hybridized carbons (Fsp3) is 0.333. The van der Waals surface area contributed by atoms with Gasteiger partial charge in [-0.15, -0.1) is 0 Å². The van der Waals surface area contributed by atoms with E-state index < -0.39 is 10.0 Å². The average Bonchev–Trinajstić information content (AvgIpc) is 3.40. The van der Waals surface area contributed by atoms with E-state index in [9.17, 15) is 13.2 Å². The molecule has 9 heteroatoms. The molecule has 2 aromatic carbocycles. The average molecular weight is 445 g/mol. The molecule has 0 bridgehead atoms. The molecule has 1 amide bonds. The van der Waals surface area contributed by atoms with Crippen molar-refractivity contribution < 1.29 is 13.2 Å². The number of aromatic nitrogens is 1. The van der Waals surface area contributed by atoms with Crippen LogP contribution in [0, 0.1) is 0 Å². The second-order valence-electron chi connectivity index (χ2n) is 7.30. The largest absolute Gasteiger partial charge is 0.360 e. The van der Waals surface area contributed by atoms with Gasteiger partial charge in [-0.3, -0.25) is 4.79 Å². The van der Waals surface area contributed by atoms with E-state index in [-0.39, 0.29) is 16.8 Å². The van der Waals surface area contributed by atoms with Crippen LogP contribution in [0.4, 0.5) is 5.13 Å². The molecular formula is C21H24N4O3S2. The summed E-state index contributed by atoms with van der Waals surface area (Å²) in [6.07, 6.45) is 3.81. The van der Waals surface area contributed by atoms with E-state index in [2.05, 4.69) is 20.3 Å². The number of thiazole rings is 1. The number of carbonyl (C=O) groups is 1. The first-order chi connectivity index (χ1) is 14.5. The zero-order valence-corrected chi connectivity index (χ0v) is 18.1. The summed E-state index contributed by atoms with van der Waals surface area (Å²) in [6, 6.07) is 14.0. The Morgan fingerprint density at radius 1 is 1.07 bits per heavy atom. The number of carbonyl (C=O) groups excluding carboxylic acids is 1. The van der Waals surface area contributed by atoms with Crippen LogP contribution in [0.15, 0.2) is 53.4 Å². The summed E-state index contributed by atoms with van der Waals surface area (Å²) < 4.78 is 29.0. The lowest BCUT2D eigenvalue weighted by Crippen LogP contribution is -2.33. The summed E-state index contributed by atoms with van der Waals surface area (Å²) in [5, 5.41) is 6.82. The van der Waals surface area contributed by atoms with Gasteiger partial charge in [0.05, 0.1) is 15.1 Å². The zero-order chi connectivity index (χ0) is 21.0. The molecule has 1 saturated carbocycles. The molecule has 1 fully saturated rings. The molecule has 1 heterocycles. The number of rotatable bonds is 8. The van der Waals surface area contributed by atoms with Crippen LogP contribution in [0.3, 0.4) is 0 Å². The van der Waals surface area contributed by atoms with E-state index in [1.807, 2.05) is 24.3 Å². The third-order valence-electron chi connectivity index (χ3n) is 5.06. The van der Waals surface area contributed by atoms with Gasteiger partial charge < -0.3 is 10.6 Å². The van der Waals surface area contributed by atoms with Crippen molar-refractivity contribution in [2.24, 2.45) is 0 Å². The molecule has 1 aliphatic carbocycles. The predicted octanol–water partition coefficient (Wildman–Crippen LogP) is 3.36. The van der Waals surface area contributed by atoms with Gasteiger partial charge in [0.1, 0.15) is 0 Å². The molecule has 0 atom stereocenters. The fourth-order valence-electron chi connectivity index (χ4n) is 3.53. The lowest BCUT2D eigenvalue weighted by molar-refractivity contribution is 0.0955. The lowest BCUT2D eigenvalue weighted by Gasteiger charge is -2.13. The molecule has 0 spiro atoms. The van der Waals surface area contributed by atoms with Crippen molar-refractivity contribution in [3.05, 3.63) is 54.1 Å². The number of anilines is 1. The molecule has 3 N–H and O–H groups in total. The SMILES string of the molecule is O=C(NCCNc1nc2ccccc2s1)c1cccc(S(=O)(=O)NC2CCCC2)c1. The predicted molar refractivity (Wildman–Crippen MR) is 119 cm³/mol. The maximum atomic E-state index is 12.6. The summed E-state index contributed by atoms with van der Waals surface area (Å²) in [5.74, 6) is -0.306. The number of hydrogen-bond acceptors (Lipinski definition) is 6. The molecule has 30 heavy (non-hydrogen) atoms. The van der Waals surface area contributed by atoms with Crippen LogP contribution in [0.2, 0.25) is 0 Å². The van der Waals surface area contributed by atoms with Gasteiger partial charge in [0, 0.05) is 24.7 Å². The molecule has 0 aliphatic heterocycles. The van der Waals surface area contributed by atoms with Crippen molar-refractivity contribution in [3.63, 3.8) is 0 Å². The van der Waals surface area contributed by atoms with Gasteiger partial charge in [-0.05, 0) is 43.2 Å². The number of nitrogens with zero attached hydrogens (tertiary/aromatic N) is 1. The second-order valence-corrected chi connectivity index (χ2v) is 10.0. The van der Waals surface area contributed by atoms with Gasteiger partial charge in [0.2, 0.25) is 10.0 Å². The number of hydrogen-bond donors (Lipinski definition) is 3. The third kappa shape index (κ3) is 4.97. The second kappa shape index (κ2) is 9.11. The number of para-hydroxylation sites is 1. The van der Waals surface area contributed by atoms with E-state index in [0.29, 0.717) is 18.7 Å². The van der Waals surface area contributed by atoms with Crippen LogP contribution in [0.1, 0.15) is 36.0 Å². The van der Waals surface area contributed by atoms with E-state index in [1.54, 1.807) is 23.5 Å². The summed E-state index contributed by atoms with van der Waals surface area (Å²) >= 11 is 1.56. The quantitative estimate of drug-likeness (QED) is 0.463. The van der Waals surface area contributed by atoms with Crippen molar-refractivity contribution in [1.82, 2.24) is 15.0 Å². The fourth-order valence-corrected chi connectivity index (χ4v) is 5.77. The Morgan fingerprint density at radius 3 is 2.67 bits per heavy atom. The van der Waals surface area contributed by atoms with Crippen LogP contribution in [-0.2, 0) is 10.0 Å². The molecule has 0 radical (unpaired) electrons. The van der Waals surface area contributed by atoms with E-state index >= 15 is 0 Å². The molecular weight excluding hydrogens is 420 g/mol. The highest BCUT2D eigenvalue weighted by atomic mass is 32.2. The van der Waals surface area contributed by atoms with Crippen molar-refractivity contribution in [3.8, 4) is 0 Å². The molecule has 4 rings (SSSR count). The lowest BCUT2D eigenvalue weighted by atomic mass is 10.2. The maximum absolute atomic E-state index is 12.6. The van der Waals surface area contributed by atoms with Crippen molar-refractivity contribution in [1.29, 1.82) is 0 Å². The van der Waals surface area contributed by atoms with Gasteiger partial charge in [0.25, 0.3) is 5.91 Å². The van der Waals surface area contributed by atoms with Gasteiger partial charge in [-0.2, -0.15) is 0 Å². The highest BCUT2D eigenvalue weighted by Gasteiger charge is 2.23. The van der Waals surface area contributed by atoms with Gasteiger partial charge in [-0.25, -0.2) is 18.1 Å². The molecule has 1 aliphatic rings. The summed E-state index contributed by atoms with van der Waals surface area (Å²) in [4.78, 5) is 17.1. The van der Waals surface area contributed by atoms with Gasteiger partial charge in [-0.1, -0.05) is 42.4 Å². The smallest absolute Gasteiger partial charge is 0.251 e. The highest BCUT2D eigenvalue weighted by molar-refractivity contribution is 7.89. The first kappa shape index (κ1) is 20.8. The Hall–Kier alpha value is -2.49.